The van der Waals surface area contributed by atoms with Crippen molar-refractivity contribution in [2.45, 2.75) is 25.9 Å². The first kappa shape index (κ1) is 45.8. The number of nitrogens with zero attached hydrogens (tertiary/aromatic N) is 8. The van der Waals surface area contributed by atoms with Crippen LogP contribution in [0.3, 0.4) is 0 Å². The number of pyridine rings is 2. The van der Waals surface area contributed by atoms with Crippen LogP contribution in [-0.2, 0) is 13.1 Å². The molecule has 0 saturated heterocycles. The molecule has 2 aromatic heterocycles. The van der Waals surface area contributed by atoms with Gasteiger partial charge in [-0.15, -0.1) is 0 Å². The summed E-state index contributed by atoms with van der Waals surface area (Å²) in [5.74, 6) is 2.80. The topological polar surface area (TPSA) is 140 Å². The number of aromatic nitrogens is 2. The molecule has 0 aliphatic carbocycles. The Labute approximate surface area is 385 Å². The van der Waals surface area contributed by atoms with Gasteiger partial charge in [0, 0.05) is 86.0 Å². The van der Waals surface area contributed by atoms with E-state index >= 15 is 0 Å². The lowest BCUT2D eigenvalue weighted by Crippen LogP contribution is -2.36. The third-order valence-electron chi connectivity index (χ3n) is 10.7. The fourth-order valence-corrected chi connectivity index (χ4v) is 6.97. The van der Waals surface area contributed by atoms with Crippen LogP contribution in [0.15, 0.2) is 191 Å². The number of hydrogen-bond donors (Lipinski definition) is 2. The van der Waals surface area contributed by atoms with Gasteiger partial charge in [-0.25, -0.2) is 9.13 Å². The van der Waals surface area contributed by atoms with Crippen LogP contribution in [0.1, 0.15) is 33.6 Å². The van der Waals surface area contributed by atoms with E-state index in [0.29, 0.717) is 61.8 Å². The van der Waals surface area contributed by atoms with E-state index in [1.807, 2.05) is 155 Å². The Morgan fingerprint density at radius 1 is 0.470 bits per heavy atom. The van der Waals surface area contributed by atoms with Crippen LogP contribution in [-0.4, -0.2) is 63.0 Å². The summed E-state index contributed by atoms with van der Waals surface area (Å²) in [6.45, 7) is 2.35. The van der Waals surface area contributed by atoms with Crippen molar-refractivity contribution in [3.05, 3.63) is 181 Å². The smallest absolute Gasteiger partial charge is 0.350 e. The summed E-state index contributed by atoms with van der Waals surface area (Å²) in [5, 5.41) is 24.7. The average Bonchev–Trinajstić information content (AvgIpc) is 3.36. The summed E-state index contributed by atoms with van der Waals surface area (Å²) in [7, 11) is 6.87. The summed E-state index contributed by atoms with van der Waals surface area (Å²) in [6.07, 6.45) is 5.33. The van der Waals surface area contributed by atoms with Crippen molar-refractivity contribution < 1.29 is 28.2 Å². The van der Waals surface area contributed by atoms with E-state index in [-0.39, 0.29) is 11.8 Å². The fourth-order valence-electron chi connectivity index (χ4n) is 6.97. The van der Waals surface area contributed by atoms with Crippen LogP contribution in [0.25, 0.3) is 0 Å². The van der Waals surface area contributed by atoms with Gasteiger partial charge in [-0.3, -0.25) is 9.59 Å². The summed E-state index contributed by atoms with van der Waals surface area (Å²) < 4.78 is 14.5. The molecule has 0 aliphatic rings. The van der Waals surface area contributed by atoms with Gasteiger partial charge in [0.05, 0.1) is 49.9 Å². The maximum Gasteiger partial charge on any atom is 0.350 e. The zero-order valence-electron chi connectivity index (χ0n) is 37.6. The van der Waals surface area contributed by atoms with Crippen molar-refractivity contribution >= 4 is 57.6 Å². The number of methoxy groups -OCH3 is 2. The number of amides is 2. The first-order valence-electron chi connectivity index (χ1n) is 21.7. The molecular formula is C52H54N10O4+2. The molecular weight excluding hydrogens is 829 g/mol. The molecule has 14 heteroatoms. The molecule has 0 bridgehead atoms. The molecule has 2 N–H and O–H groups in total. The second-order valence-electron chi connectivity index (χ2n) is 15.4. The Hall–Kier alpha value is -8.26. The Bertz CT molecular complexity index is 2540. The van der Waals surface area contributed by atoms with Crippen LogP contribution < -0.4 is 29.2 Å². The van der Waals surface area contributed by atoms with Crippen molar-refractivity contribution in [3.63, 3.8) is 0 Å². The molecule has 66 heavy (non-hydrogen) atoms. The molecule has 334 valence electrons. The van der Waals surface area contributed by atoms with Crippen LogP contribution in [0.5, 0.6) is 11.5 Å². The lowest BCUT2D eigenvalue weighted by Gasteiger charge is -2.18. The van der Waals surface area contributed by atoms with Crippen LogP contribution in [0.2, 0.25) is 0 Å². The van der Waals surface area contributed by atoms with E-state index in [9.17, 15) is 9.59 Å². The second kappa shape index (κ2) is 22.9. The van der Waals surface area contributed by atoms with E-state index in [1.165, 1.54) is 0 Å². The molecule has 0 fully saturated rings. The normalized spacial score (nSPS) is 11.1. The lowest BCUT2D eigenvalue weighted by molar-refractivity contribution is -0.684. The molecule has 0 aliphatic heterocycles. The van der Waals surface area contributed by atoms with Gasteiger partial charge in [0.15, 0.2) is 0 Å². The number of rotatable bonds is 20. The SMILES string of the molecule is COc1ccc(Nc2ccc(N=Nc3cccc[n+]3CCCN(C)C(=O)c3ccc(C(=O)N(C)CCC[n+]4ccccc4/N=N/c4ccc(Nc5ccc(OC)cc5)cc4)cc3)cc2)cc1. The van der Waals surface area contributed by atoms with Gasteiger partial charge in [-0.2, -0.15) is 0 Å². The molecule has 7 aromatic rings. The molecule has 0 saturated carbocycles. The van der Waals surface area contributed by atoms with Crippen molar-refractivity contribution in [1.82, 2.24) is 9.80 Å². The minimum absolute atomic E-state index is 0.114. The van der Waals surface area contributed by atoms with Gasteiger partial charge in [-0.1, -0.05) is 12.1 Å². The van der Waals surface area contributed by atoms with E-state index in [4.69, 9.17) is 9.47 Å². The number of carbonyl (C=O) groups is 2. The van der Waals surface area contributed by atoms with E-state index in [1.54, 1.807) is 62.4 Å². The Morgan fingerprint density at radius 3 is 1.17 bits per heavy atom. The predicted octanol–water partition coefficient (Wildman–Crippen LogP) is 10.9. The molecule has 0 radical (unpaired) electrons. The van der Waals surface area contributed by atoms with Crippen molar-refractivity contribution in [3.8, 4) is 11.5 Å². The van der Waals surface area contributed by atoms with Gasteiger partial charge in [0.1, 0.15) is 22.9 Å². The van der Waals surface area contributed by atoms with Crippen molar-refractivity contribution in [2.24, 2.45) is 20.5 Å². The summed E-state index contributed by atoms with van der Waals surface area (Å²) in [6, 6.07) is 49.4. The number of hydrogen-bond acceptors (Lipinski definition) is 10. The molecule has 0 atom stereocenters. The number of nitrogens with one attached hydrogen (secondary N) is 2. The first-order valence-corrected chi connectivity index (χ1v) is 21.7. The van der Waals surface area contributed by atoms with Gasteiger partial charge < -0.3 is 29.9 Å². The minimum atomic E-state index is -0.114. The first-order chi connectivity index (χ1) is 32.2. The van der Waals surface area contributed by atoms with Crippen LogP contribution in [0.4, 0.5) is 45.8 Å². The van der Waals surface area contributed by atoms with Gasteiger partial charge >= 0.3 is 11.6 Å². The molecule has 0 spiro atoms. The number of carbonyl (C=O) groups excluding carboxylic acids is 2. The van der Waals surface area contributed by atoms with Gasteiger partial charge in [0.2, 0.25) is 0 Å². The zero-order valence-corrected chi connectivity index (χ0v) is 37.6. The zero-order chi connectivity index (χ0) is 46.1. The monoisotopic (exact) mass is 882 g/mol. The van der Waals surface area contributed by atoms with Crippen molar-refractivity contribution in [2.75, 3.05) is 52.0 Å². The average molecular weight is 883 g/mol. The molecule has 14 nitrogen and oxygen atoms in total. The lowest BCUT2D eigenvalue weighted by atomic mass is 10.1. The molecule has 7 rings (SSSR count). The maximum absolute atomic E-state index is 13.4. The molecule has 2 heterocycles. The highest BCUT2D eigenvalue weighted by molar-refractivity contribution is 5.97. The van der Waals surface area contributed by atoms with Crippen molar-refractivity contribution in [1.29, 1.82) is 0 Å². The standard InChI is InChI=1S/C52H52N10O4/c1-59(33-9-37-61-35-7-5-11-49(61)57-55-45-21-17-41(18-22-45)53-43-25-29-47(65-3)30-26-43)51(63)39-13-15-40(16-14-39)52(64)60(2)34-10-38-62-36-8-6-12-50(62)58-56-46-23-19-42(20-24-46)54-44-27-31-48(66-4)32-28-44/h5-8,11-32,35-36H,9-10,33-34,37-38H2,1-4H3/p+2. The number of aryl methyl sites for hydroxylation is 2. The number of ether oxygens (including phenoxy) is 2. The number of benzene rings is 5. The number of anilines is 4. The maximum atomic E-state index is 13.4. The van der Waals surface area contributed by atoms with E-state index in [0.717, 1.165) is 45.6 Å². The Morgan fingerprint density at radius 2 is 0.818 bits per heavy atom. The summed E-state index contributed by atoms with van der Waals surface area (Å²) in [5.41, 5.74) is 6.28. The largest absolute Gasteiger partial charge is 0.497 e. The molecule has 5 aromatic carbocycles. The molecule has 2 amide bonds. The fraction of sp³-hybridized carbons (Fsp3) is 0.192. The van der Waals surface area contributed by atoms with Gasteiger partial charge in [-0.05, 0) is 144 Å². The highest BCUT2D eigenvalue weighted by Gasteiger charge is 2.17. The highest BCUT2D eigenvalue weighted by Crippen LogP contribution is 2.25. The predicted molar refractivity (Wildman–Crippen MR) is 257 cm³/mol. The Kier molecular flexibility index (Phi) is 15.9. The van der Waals surface area contributed by atoms with Crippen LogP contribution >= 0.6 is 0 Å². The van der Waals surface area contributed by atoms with E-state index in [2.05, 4.69) is 31.1 Å². The minimum Gasteiger partial charge on any atom is -0.497 e. The Balaban J connectivity index is 0.840. The van der Waals surface area contributed by atoms with Crippen LogP contribution in [0, 0.1) is 0 Å². The number of azo groups is 2. The quantitative estimate of drug-likeness (QED) is 0.0577. The van der Waals surface area contributed by atoms with E-state index < -0.39 is 0 Å². The molecule has 0 unspecified atom stereocenters. The summed E-state index contributed by atoms with van der Waals surface area (Å²) >= 11 is 0. The summed E-state index contributed by atoms with van der Waals surface area (Å²) in [4.78, 5) is 30.1. The third kappa shape index (κ3) is 12.9. The van der Waals surface area contributed by atoms with Gasteiger partial charge in [0.25, 0.3) is 11.8 Å². The second-order valence-corrected chi connectivity index (χ2v) is 15.4. The highest BCUT2D eigenvalue weighted by atomic mass is 16.5. The third-order valence-corrected chi connectivity index (χ3v) is 10.7.